The summed E-state index contributed by atoms with van der Waals surface area (Å²) in [5.74, 6) is 0.951. The third kappa shape index (κ3) is 3.53. The highest BCUT2D eigenvalue weighted by Gasteiger charge is 2.24. The predicted octanol–water partition coefficient (Wildman–Crippen LogP) is 4.48. The van der Waals surface area contributed by atoms with Crippen LogP contribution in [0.2, 0.25) is 0 Å². The van der Waals surface area contributed by atoms with Gasteiger partial charge in [-0.2, -0.15) is 0 Å². The average molecular weight is 387 g/mol. The number of rotatable bonds is 6. The van der Waals surface area contributed by atoms with Crippen LogP contribution >= 0.6 is 34.4 Å². The van der Waals surface area contributed by atoms with Gasteiger partial charge < -0.3 is 0 Å². The number of nitroso groups, excluding NO2 is 1. The Labute approximate surface area is 155 Å². The molecule has 0 amide bonds. The second kappa shape index (κ2) is 7.26. The van der Waals surface area contributed by atoms with Gasteiger partial charge in [0, 0.05) is 11.8 Å². The fourth-order valence-electron chi connectivity index (χ4n) is 2.33. The van der Waals surface area contributed by atoms with E-state index in [1.54, 1.807) is 11.3 Å². The van der Waals surface area contributed by atoms with Crippen molar-refractivity contribution < 1.29 is 4.57 Å². The lowest BCUT2D eigenvalue weighted by Crippen LogP contribution is -2.37. The molecule has 0 saturated heterocycles. The van der Waals surface area contributed by atoms with Gasteiger partial charge in [0.05, 0.1) is 17.8 Å². The van der Waals surface area contributed by atoms with Crippen LogP contribution in [-0.2, 0) is 6.54 Å². The normalized spacial score (nSPS) is 10.9. The Morgan fingerprint density at radius 3 is 2.80 bits per heavy atom. The molecule has 0 spiro atoms. The SMILES string of the molecule is O=Nc1cnc(Sc2n[nH]c(-c3cccs3)[n+]2Cc2ccccc2)s1. The van der Waals surface area contributed by atoms with Gasteiger partial charge in [-0.15, -0.1) is 21.3 Å². The Morgan fingerprint density at radius 1 is 1.20 bits per heavy atom. The molecule has 0 fully saturated rings. The summed E-state index contributed by atoms with van der Waals surface area (Å²) in [5.41, 5.74) is 1.18. The van der Waals surface area contributed by atoms with Crippen LogP contribution < -0.4 is 4.57 Å². The molecule has 0 aliphatic rings. The second-order valence-electron chi connectivity index (χ2n) is 5.06. The van der Waals surface area contributed by atoms with Crippen molar-refractivity contribution in [2.24, 2.45) is 5.18 Å². The van der Waals surface area contributed by atoms with Gasteiger partial charge in [0.15, 0.2) is 9.34 Å². The van der Waals surface area contributed by atoms with Crippen LogP contribution in [0.25, 0.3) is 10.7 Å². The van der Waals surface area contributed by atoms with Gasteiger partial charge in [-0.05, 0) is 22.2 Å². The van der Waals surface area contributed by atoms with Gasteiger partial charge in [0.25, 0.3) is 5.82 Å². The minimum absolute atomic E-state index is 0.367. The molecule has 0 aliphatic carbocycles. The monoisotopic (exact) mass is 386 g/mol. The van der Waals surface area contributed by atoms with Gasteiger partial charge in [-0.25, -0.2) is 9.55 Å². The number of hydrogen-bond donors (Lipinski definition) is 1. The van der Waals surface area contributed by atoms with Crippen LogP contribution in [0.1, 0.15) is 5.56 Å². The molecule has 0 aliphatic heterocycles. The number of H-pyrrole nitrogens is 1. The van der Waals surface area contributed by atoms with Gasteiger partial charge in [0.2, 0.25) is 0 Å². The lowest BCUT2D eigenvalue weighted by molar-refractivity contribution is -0.714. The van der Waals surface area contributed by atoms with Crippen molar-refractivity contribution in [2.45, 2.75) is 16.0 Å². The maximum absolute atomic E-state index is 10.6. The first-order valence-electron chi connectivity index (χ1n) is 7.36. The lowest BCUT2D eigenvalue weighted by atomic mass is 10.2. The maximum Gasteiger partial charge on any atom is 0.344 e. The Balaban J connectivity index is 1.71. The molecule has 1 aromatic carbocycles. The number of nitrogens with zero attached hydrogens (tertiary/aromatic N) is 4. The topological polar surface area (TPSA) is 74.9 Å². The molecule has 124 valence electrons. The summed E-state index contributed by atoms with van der Waals surface area (Å²) < 4.78 is 2.86. The summed E-state index contributed by atoms with van der Waals surface area (Å²) in [7, 11) is 0. The molecule has 3 aromatic heterocycles. The van der Waals surface area contributed by atoms with E-state index in [9.17, 15) is 4.91 Å². The molecule has 1 N–H and O–H groups in total. The van der Waals surface area contributed by atoms with E-state index in [1.165, 1.54) is 34.9 Å². The molecular weight excluding hydrogens is 374 g/mol. The van der Waals surface area contributed by atoms with E-state index in [4.69, 9.17) is 0 Å². The minimum Gasteiger partial charge on any atom is -0.235 e. The molecule has 9 heteroatoms. The number of aromatic amines is 1. The van der Waals surface area contributed by atoms with Crippen LogP contribution in [0.4, 0.5) is 5.00 Å². The van der Waals surface area contributed by atoms with Crippen molar-refractivity contribution in [3.8, 4) is 10.7 Å². The Hall–Kier alpha value is -2.36. The molecule has 0 radical (unpaired) electrons. The number of benzene rings is 1. The van der Waals surface area contributed by atoms with Crippen LogP contribution in [0.3, 0.4) is 0 Å². The summed E-state index contributed by atoms with van der Waals surface area (Å²) in [5, 5.41) is 13.7. The third-order valence-electron chi connectivity index (χ3n) is 3.44. The summed E-state index contributed by atoms with van der Waals surface area (Å²) in [4.78, 5) is 16.0. The molecule has 4 aromatic rings. The molecular formula is C16H12N5OS3+. The van der Waals surface area contributed by atoms with Crippen LogP contribution in [0.5, 0.6) is 0 Å². The summed E-state index contributed by atoms with van der Waals surface area (Å²) in [6.45, 7) is 0.692. The van der Waals surface area contributed by atoms with Gasteiger partial charge in [-0.3, -0.25) is 0 Å². The van der Waals surface area contributed by atoms with E-state index in [0.29, 0.717) is 11.5 Å². The average Bonchev–Trinajstić information content (AvgIpc) is 3.38. The number of nitrogens with one attached hydrogen (secondary N) is 1. The Bertz CT molecular complexity index is 979. The first kappa shape index (κ1) is 16.1. The van der Waals surface area contributed by atoms with Gasteiger partial charge in [0.1, 0.15) is 4.88 Å². The fraction of sp³-hybridized carbons (Fsp3) is 0.0625. The van der Waals surface area contributed by atoms with Crippen molar-refractivity contribution >= 4 is 39.4 Å². The first-order valence-corrected chi connectivity index (χ1v) is 9.88. The van der Waals surface area contributed by atoms with Crippen molar-refractivity contribution in [2.75, 3.05) is 0 Å². The molecule has 0 saturated carbocycles. The van der Waals surface area contributed by atoms with E-state index >= 15 is 0 Å². The highest BCUT2D eigenvalue weighted by atomic mass is 32.2. The third-order valence-corrected chi connectivity index (χ3v) is 6.26. The fourth-order valence-corrected chi connectivity index (χ4v) is 4.75. The number of thiazole rings is 1. The van der Waals surface area contributed by atoms with Crippen molar-refractivity contribution in [1.29, 1.82) is 0 Å². The van der Waals surface area contributed by atoms with E-state index < -0.39 is 0 Å². The van der Waals surface area contributed by atoms with Crippen molar-refractivity contribution in [3.05, 3.63) is 64.5 Å². The standard InChI is InChI=1S/C16H11N5OS3/c22-20-13-9-17-16(24-13)25-15-19-18-14(12-7-4-8-23-12)21(15)10-11-5-2-1-3-6-11/h1-9H,10H2/p+1. The Kier molecular flexibility index (Phi) is 4.68. The molecule has 0 bridgehead atoms. The Morgan fingerprint density at radius 2 is 2.08 bits per heavy atom. The number of hydrogen-bond acceptors (Lipinski definition) is 7. The van der Waals surface area contributed by atoms with E-state index in [1.807, 2.05) is 29.6 Å². The number of aromatic nitrogens is 4. The zero-order chi connectivity index (χ0) is 17.1. The number of thiophene rings is 1. The molecule has 0 atom stereocenters. The van der Waals surface area contributed by atoms with Gasteiger partial charge in [-0.1, -0.05) is 47.7 Å². The summed E-state index contributed by atoms with van der Waals surface area (Å²) >= 11 is 4.34. The largest absolute Gasteiger partial charge is 0.344 e. The molecule has 3 heterocycles. The van der Waals surface area contributed by atoms with E-state index in [2.05, 4.69) is 43.1 Å². The molecule has 0 unspecified atom stereocenters. The van der Waals surface area contributed by atoms with Crippen LogP contribution in [-0.4, -0.2) is 15.2 Å². The molecule has 25 heavy (non-hydrogen) atoms. The van der Waals surface area contributed by atoms with E-state index in [-0.39, 0.29) is 0 Å². The van der Waals surface area contributed by atoms with Crippen LogP contribution in [0, 0.1) is 4.91 Å². The van der Waals surface area contributed by atoms with Crippen molar-refractivity contribution in [1.82, 2.24) is 15.2 Å². The van der Waals surface area contributed by atoms with Crippen LogP contribution in [0.15, 0.2) is 68.7 Å². The quantitative estimate of drug-likeness (QED) is 0.392. The molecule has 4 rings (SSSR count). The maximum atomic E-state index is 10.6. The zero-order valence-corrected chi connectivity index (χ0v) is 15.3. The highest BCUT2D eigenvalue weighted by Crippen LogP contribution is 2.33. The van der Waals surface area contributed by atoms with E-state index in [0.717, 1.165) is 20.2 Å². The predicted molar refractivity (Wildman–Crippen MR) is 99.3 cm³/mol. The minimum atomic E-state index is 0.367. The smallest absolute Gasteiger partial charge is 0.235 e. The highest BCUT2D eigenvalue weighted by molar-refractivity contribution is 8.00. The first-order chi connectivity index (χ1) is 12.3. The zero-order valence-electron chi connectivity index (χ0n) is 12.8. The van der Waals surface area contributed by atoms with Crippen molar-refractivity contribution in [3.63, 3.8) is 0 Å². The summed E-state index contributed by atoms with van der Waals surface area (Å²) in [6.07, 6.45) is 1.48. The molecule has 6 nitrogen and oxygen atoms in total. The lowest BCUT2D eigenvalue weighted by Gasteiger charge is -2.03. The summed E-state index contributed by atoms with van der Waals surface area (Å²) in [6, 6.07) is 14.3. The van der Waals surface area contributed by atoms with Gasteiger partial charge >= 0.3 is 5.16 Å². The second-order valence-corrected chi connectivity index (χ2v) is 8.23.